The van der Waals surface area contributed by atoms with E-state index in [1.54, 1.807) is 6.07 Å². The molecule has 0 bridgehead atoms. The highest BCUT2D eigenvalue weighted by atomic mass is 79.9. The van der Waals surface area contributed by atoms with E-state index in [1.807, 2.05) is 13.8 Å². The second-order valence-corrected chi connectivity index (χ2v) is 5.31. The molecule has 2 aromatic rings. The predicted octanol–water partition coefficient (Wildman–Crippen LogP) is 3.48. The zero-order valence-corrected chi connectivity index (χ0v) is 12.3. The first-order valence-electron chi connectivity index (χ1n) is 6.07. The third-order valence-corrected chi connectivity index (χ3v) is 3.69. The Hall–Kier alpha value is -1.27. The molecule has 0 aliphatic rings. The van der Waals surface area contributed by atoms with Gasteiger partial charge in [0, 0.05) is 16.1 Å². The van der Waals surface area contributed by atoms with Crippen LogP contribution in [0.5, 0.6) is 0 Å². The number of nitrogens with zero attached hydrogens (tertiary/aromatic N) is 2. The first-order chi connectivity index (χ1) is 9.02. The number of hydrogen-bond acceptors (Lipinski definition) is 4. The maximum atomic E-state index is 13.3. The fourth-order valence-electron chi connectivity index (χ4n) is 1.94. The minimum absolute atomic E-state index is 0.00795. The van der Waals surface area contributed by atoms with Crippen molar-refractivity contribution in [1.82, 2.24) is 10.1 Å². The van der Waals surface area contributed by atoms with Crippen LogP contribution in [0, 0.1) is 5.82 Å². The molecule has 2 rings (SSSR count). The lowest BCUT2D eigenvalue weighted by atomic mass is 9.99. The Labute approximate surface area is 119 Å². The molecule has 2 unspecified atom stereocenters. The van der Waals surface area contributed by atoms with Crippen molar-refractivity contribution in [2.75, 3.05) is 0 Å². The van der Waals surface area contributed by atoms with Crippen LogP contribution in [0.1, 0.15) is 32.1 Å². The molecule has 0 aliphatic carbocycles. The molecule has 19 heavy (non-hydrogen) atoms. The van der Waals surface area contributed by atoms with Crippen molar-refractivity contribution >= 4 is 15.9 Å². The Bertz CT molecular complexity index is 571. The Morgan fingerprint density at radius 3 is 2.84 bits per heavy atom. The van der Waals surface area contributed by atoms with Gasteiger partial charge >= 0.3 is 0 Å². The van der Waals surface area contributed by atoms with Crippen LogP contribution in [0.4, 0.5) is 4.39 Å². The van der Waals surface area contributed by atoms with E-state index in [0.717, 1.165) is 10.9 Å². The van der Waals surface area contributed by atoms with E-state index in [2.05, 4.69) is 26.1 Å². The molecule has 0 aliphatic heterocycles. The van der Waals surface area contributed by atoms with Crippen LogP contribution in [0.2, 0.25) is 0 Å². The predicted molar refractivity (Wildman–Crippen MR) is 74.1 cm³/mol. The summed E-state index contributed by atoms with van der Waals surface area (Å²) in [5.74, 6) is 0.515. The number of benzene rings is 1. The lowest BCUT2D eigenvalue weighted by molar-refractivity contribution is 0.334. The second kappa shape index (κ2) is 5.79. The molecular weight excluding hydrogens is 313 g/mol. The van der Waals surface area contributed by atoms with E-state index in [9.17, 15) is 4.39 Å². The van der Waals surface area contributed by atoms with Crippen LogP contribution in [0.3, 0.4) is 0 Å². The Kier molecular flexibility index (Phi) is 4.31. The molecule has 1 aromatic heterocycles. The molecule has 4 nitrogen and oxygen atoms in total. The summed E-state index contributed by atoms with van der Waals surface area (Å²) in [7, 11) is 0. The summed E-state index contributed by atoms with van der Waals surface area (Å²) in [5, 5.41) is 3.90. The zero-order valence-electron chi connectivity index (χ0n) is 10.7. The smallest absolute Gasteiger partial charge is 0.231 e. The highest BCUT2D eigenvalue weighted by molar-refractivity contribution is 9.10. The lowest BCUT2D eigenvalue weighted by Gasteiger charge is -2.13. The average molecular weight is 328 g/mol. The van der Waals surface area contributed by atoms with E-state index >= 15 is 0 Å². The number of aromatic nitrogens is 2. The molecule has 1 heterocycles. The van der Waals surface area contributed by atoms with Crippen LogP contribution in [0.25, 0.3) is 11.4 Å². The first-order valence-corrected chi connectivity index (χ1v) is 6.86. The third-order valence-electron chi connectivity index (χ3n) is 3.00. The van der Waals surface area contributed by atoms with E-state index in [4.69, 9.17) is 10.3 Å². The van der Waals surface area contributed by atoms with Crippen molar-refractivity contribution < 1.29 is 8.91 Å². The lowest BCUT2D eigenvalue weighted by Crippen LogP contribution is -2.24. The first kappa shape index (κ1) is 14.1. The van der Waals surface area contributed by atoms with Crippen LogP contribution in [-0.2, 0) is 0 Å². The highest BCUT2D eigenvalue weighted by Gasteiger charge is 2.22. The van der Waals surface area contributed by atoms with Gasteiger partial charge in [-0.1, -0.05) is 28.0 Å². The molecule has 2 atom stereocenters. The van der Waals surface area contributed by atoms with Gasteiger partial charge in [-0.2, -0.15) is 4.98 Å². The summed E-state index contributed by atoms with van der Waals surface area (Å²) in [6.45, 7) is 3.91. The largest absolute Gasteiger partial charge is 0.339 e. The molecule has 102 valence electrons. The third kappa shape index (κ3) is 3.01. The average Bonchev–Trinajstić information content (AvgIpc) is 2.82. The van der Waals surface area contributed by atoms with Gasteiger partial charge in [0.15, 0.2) is 0 Å². The van der Waals surface area contributed by atoms with Crippen molar-refractivity contribution in [2.45, 2.75) is 32.2 Å². The van der Waals surface area contributed by atoms with E-state index in [1.165, 1.54) is 12.1 Å². The van der Waals surface area contributed by atoms with Gasteiger partial charge in [-0.15, -0.1) is 0 Å². The zero-order chi connectivity index (χ0) is 14.0. The molecule has 6 heteroatoms. The summed E-state index contributed by atoms with van der Waals surface area (Å²) >= 11 is 3.35. The minimum Gasteiger partial charge on any atom is -0.339 e. The summed E-state index contributed by atoms with van der Waals surface area (Å²) in [6.07, 6.45) is 0.809. The summed E-state index contributed by atoms with van der Waals surface area (Å²) < 4.78 is 19.2. The molecule has 0 saturated carbocycles. The number of rotatable bonds is 4. The molecule has 1 aromatic carbocycles. The number of nitrogens with two attached hydrogens (primary N) is 1. The van der Waals surface area contributed by atoms with Crippen molar-refractivity contribution in [3.05, 3.63) is 34.4 Å². The highest BCUT2D eigenvalue weighted by Crippen LogP contribution is 2.29. The Balaban J connectivity index is 2.38. The van der Waals surface area contributed by atoms with Gasteiger partial charge < -0.3 is 10.3 Å². The quantitative estimate of drug-likeness (QED) is 0.933. The van der Waals surface area contributed by atoms with Crippen molar-refractivity contribution in [3.63, 3.8) is 0 Å². The van der Waals surface area contributed by atoms with Crippen molar-refractivity contribution in [1.29, 1.82) is 0 Å². The van der Waals surface area contributed by atoms with Gasteiger partial charge in [0.25, 0.3) is 0 Å². The molecule has 0 fully saturated rings. The molecular formula is C13H15BrFN3O. The van der Waals surface area contributed by atoms with Crippen molar-refractivity contribution in [3.8, 4) is 11.4 Å². The van der Waals surface area contributed by atoms with Crippen LogP contribution < -0.4 is 5.73 Å². The summed E-state index contributed by atoms with van der Waals surface area (Å²) in [5.41, 5.74) is 6.45. The number of halogens is 2. The SMILES string of the molecule is CCC(c1nc(-c2cc(F)ccc2Br)no1)C(C)N. The second-order valence-electron chi connectivity index (χ2n) is 4.45. The van der Waals surface area contributed by atoms with Gasteiger partial charge in [0.2, 0.25) is 11.7 Å². The topological polar surface area (TPSA) is 64.9 Å². The summed E-state index contributed by atoms with van der Waals surface area (Å²) in [6, 6.07) is 4.27. The molecule has 2 N–H and O–H groups in total. The fraction of sp³-hybridized carbons (Fsp3) is 0.385. The van der Waals surface area contributed by atoms with Gasteiger partial charge in [0.05, 0.1) is 5.92 Å². The summed E-state index contributed by atoms with van der Waals surface area (Å²) in [4.78, 5) is 4.32. The maximum absolute atomic E-state index is 13.3. The fourth-order valence-corrected chi connectivity index (χ4v) is 2.36. The van der Waals surface area contributed by atoms with Crippen LogP contribution in [-0.4, -0.2) is 16.2 Å². The normalized spacial score (nSPS) is 14.4. The Morgan fingerprint density at radius 1 is 1.47 bits per heavy atom. The van der Waals surface area contributed by atoms with Crippen LogP contribution in [0.15, 0.2) is 27.2 Å². The molecule has 0 amide bonds. The van der Waals surface area contributed by atoms with Gasteiger partial charge in [-0.05, 0) is 31.5 Å². The van der Waals surface area contributed by atoms with E-state index in [-0.39, 0.29) is 17.8 Å². The molecule has 0 saturated heterocycles. The molecule has 0 radical (unpaired) electrons. The van der Waals surface area contributed by atoms with Gasteiger partial charge in [-0.3, -0.25) is 0 Å². The van der Waals surface area contributed by atoms with Crippen molar-refractivity contribution in [2.24, 2.45) is 5.73 Å². The van der Waals surface area contributed by atoms with E-state index < -0.39 is 0 Å². The standard InChI is InChI=1S/C13H15BrFN3O/c1-3-9(7(2)16)13-17-12(18-19-13)10-6-8(15)4-5-11(10)14/h4-7,9H,3,16H2,1-2H3. The van der Waals surface area contributed by atoms with Gasteiger partial charge in [0.1, 0.15) is 5.82 Å². The van der Waals surface area contributed by atoms with E-state index in [0.29, 0.717) is 17.3 Å². The Morgan fingerprint density at radius 2 is 2.21 bits per heavy atom. The maximum Gasteiger partial charge on any atom is 0.231 e. The monoisotopic (exact) mass is 327 g/mol. The number of hydrogen-bond donors (Lipinski definition) is 1. The minimum atomic E-state index is -0.344. The van der Waals surface area contributed by atoms with Gasteiger partial charge in [-0.25, -0.2) is 4.39 Å². The van der Waals surface area contributed by atoms with Crippen LogP contribution >= 0.6 is 15.9 Å². The molecule has 0 spiro atoms.